The third kappa shape index (κ3) is 4.51. The highest BCUT2D eigenvalue weighted by atomic mass is 16.1. The smallest absolute Gasteiger partial charge is 0.256 e. The van der Waals surface area contributed by atoms with Crippen LogP contribution < -0.4 is 21.0 Å². The summed E-state index contributed by atoms with van der Waals surface area (Å²) in [6.45, 7) is 6.65. The third-order valence-electron chi connectivity index (χ3n) is 4.92. The van der Waals surface area contributed by atoms with Gasteiger partial charge in [0.05, 0.1) is 11.9 Å². The maximum Gasteiger partial charge on any atom is 0.256 e. The highest BCUT2D eigenvalue weighted by Crippen LogP contribution is 2.24. The van der Waals surface area contributed by atoms with Gasteiger partial charge < -0.3 is 16.0 Å². The van der Waals surface area contributed by atoms with Crippen molar-refractivity contribution in [3.05, 3.63) is 72.1 Å². The number of aromatic nitrogens is 4. The van der Waals surface area contributed by atoms with E-state index in [9.17, 15) is 9.59 Å². The molecule has 0 fully saturated rings. The fraction of sp³-hybridized carbons (Fsp3) is 0.261. The second-order valence-corrected chi connectivity index (χ2v) is 8.72. The van der Waals surface area contributed by atoms with E-state index in [2.05, 4.69) is 26.0 Å². The minimum atomic E-state index is -0.251. The van der Waals surface area contributed by atoms with Gasteiger partial charge in [0.1, 0.15) is 17.2 Å². The molecule has 0 aromatic carbocycles. The molecule has 4 heterocycles. The maximum absolute atomic E-state index is 12.8. The molecule has 0 saturated carbocycles. The summed E-state index contributed by atoms with van der Waals surface area (Å²) < 4.78 is 3.32. The Morgan fingerprint density at radius 1 is 1.21 bits per heavy atom. The van der Waals surface area contributed by atoms with Gasteiger partial charge in [0.25, 0.3) is 5.91 Å². The van der Waals surface area contributed by atoms with Gasteiger partial charge in [-0.15, -0.1) is 0 Å². The zero-order valence-electron chi connectivity index (χ0n) is 19.0. The molecule has 3 aromatic heterocycles. The van der Waals surface area contributed by atoms with Gasteiger partial charge in [0, 0.05) is 38.3 Å². The van der Waals surface area contributed by atoms with Gasteiger partial charge in [-0.05, 0) is 29.7 Å². The van der Waals surface area contributed by atoms with Crippen molar-refractivity contribution in [2.45, 2.75) is 20.8 Å². The molecule has 10 nitrogen and oxygen atoms in total. The van der Waals surface area contributed by atoms with Crippen LogP contribution in [0.3, 0.4) is 0 Å². The number of rotatable bonds is 6. The van der Waals surface area contributed by atoms with E-state index >= 15 is 0 Å². The molecular formula is C23H26N8O2. The van der Waals surface area contributed by atoms with Crippen molar-refractivity contribution in [3.63, 3.8) is 0 Å². The van der Waals surface area contributed by atoms with Crippen molar-refractivity contribution in [1.29, 1.82) is 0 Å². The molecule has 0 bridgehead atoms. The van der Waals surface area contributed by atoms with Crippen molar-refractivity contribution in [2.75, 3.05) is 29.2 Å². The maximum atomic E-state index is 12.8. The Morgan fingerprint density at radius 2 is 1.97 bits per heavy atom. The third-order valence-corrected chi connectivity index (χ3v) is 4.92. The summed E-state index contributed by atoms with van der Waals surface area (Å²) in [7, 11) is 1.76. The predicted molar refractivity (Wildman–Crippen MR) is 127 cm³/mol. The first kappa shape index (κ1) is 21.9. The standard InChI is InChI=1S/C23H26N8O2/c1-23(2,3)15-25-22(33)16-13-26-31-20(24-4)12-19(28-21(16)31)27-17-8-7-11-30(18(17)14-32)29-9-5-6-10-29/h5-13,24H,15H2,1-4H3,(H,25,33)(H,27,28). The van der Waals surface area contributed by atoms with Crippen LogP contribution in [0.5, 0.6) is 0 Å². The number of amides is 1. The van der Waals surface area contributed by atoms with Crippen LogP contribution in [0.1, 0.15) is 31.1 Å². The fourth-order valence-corrected chi connectivity index (χ4v) is 3.31. The summed E-state index contributed by atoms with van der Waals surface area (Å²) in [4.78, 5) is 29.2. The molecule has 1 aliphatic rings. The fourth-order valence-electron chi connectivity index (χ4n) is 3.31. The summed E-state index contributed by atoms with van der Waals surface area (Å²) in [5.74, 6) is 2.82. The lowest BCUT2D eigenvalue weighted by atomic mass is 9.97. The van der Waals surface area contributed by atoms with E-state index in [4.69, 9.17) is 0 Å². The Labute approximate surface area is 191 Å². The number of carbonyl (C=O) groups is 1. The summed E-state index contributed by atoms with van der Waals surface area (Å²) in [5.41, 5.74) is 1.49. The van der Waals surface area contributed by atoms with Crippen LogP contribution in [0.4, 0.5) is 11.6 Å². The van der Waals surface area contributed by atoms with Gasteiger partial charge in [0.2, 0.25) is 0 Å². The molecule has 0 saturated heterocycles. The lowest BCUT2D eigenvalue weighted by molar-refractivity contribution is 0.0941. The monoisotopic (exact) mass is 446 g/mol. The van der Waals surface area contributed by atoms with Gasteiger partial charge >= 0.3 is 0 Å². The Hall–Kier alpha value is -4.30. The van der Waals surface area contributed by atoms with Crippen LogP contribution in [-0.2, 0) is 4.79 Å². The van der Waals surface area contributed by atoms with Crippen LogP contribution in [0.2, 0.25) is 0 Å². The number of anilines is 2. The highest BCUT2D eigenvalue weighted by Gasteiger charge is 2.21. The molecule has 3 aromatic rings. The number of nitrogens with one attached hydrogen (secondary N) is 3. The lowest BCUT2D eigenvalue weighted by Gasteiger charge is -2.26. The highest BCUT2D eigenvalue weighted by molar-refractivity contribution is 6.00. The molecule has 33 heavy (non-hydrogen) atoms. The normalized spacial score (nSPS) is 13.6. The second kappa shape index (κ2) is 8.68. The van der Waals surface area contributed by atoms with E-state index in [-0.39, 0.29) is 17.0 Å². The minimum Gasteiger partial charge on any atom is -0.373 e. The Bertz CT molecular complexity index is 1290. The Kier molecular flexibility index (Phi) is 5.76. The molecule has 0 spiro atoms. The topological polar surface area (TPSA) is 109 Å². The number of nitrogens with zero attached hydrogens (tertiary/aromatic N) is 5. The molecule has 4 rings (SSSR count). The van der Waals surface area contributed by atoms with Gasteiger partial charge in [-0.3, -0.25) is 9.47 Å². The molecule has 0 atom stereocenters. The zero-order chi connectivity index (χ0) is 23.6. The average molecular weight is 447 g/mol. The Morgan fingerprint density at radius 3 is 2.64 bits per heavy atom. The van der Waals surface area contributed by atoms with Crippen molar-refractivity contribution in [2.24, 2.45) is 5.41 Å². The molecule has 0 unspecified atom stereocenters. The lowest BCUT2D eigenvalue weighted by Crippen LogP contribution is -2.32. The molecule has 10 heteroatoms. The second-order valence-electron chi connectivity index (χ2n) is 8.72. The number of fused-ring (bicyclic) bond motifs is 1. The van der Waals surface area contributed by atoms with E-state index in [0.29, 0.717) is 35.1 Å². The van der Waals surface area contributed by atoms with Gasteiger partial charge in [-0.1, -0.05) is 20.8 Å². The molecule has 1 aliphatic heterocycles. The van der Waals surface area contributed by atoms with E-state index in [1.54, 1.807) is 39.6 Å². The van der Waals surface area contributed by atoms with Crippen molar-refractivity contribution in [3.8, 4) is 0 Å². The van der Waals surface area contributed by atoms with E-state index in [1.807, 2.05) is 57.3 Å². The summed E-state index contributed by atoms with van der Waals surface area (Å²) in [6.07, 6.45) is 10.5. The average Bonchev–Trinajstić information content (AvgIpc) is 3.46. The van der Waals surface area contributed by atoms with Crippen LogP contribution in [0.25, 0.3) is 5.65 Å². The number of allylic oxidation sites excluding steroid dienone is 2. The summed E-state index contributed by atoms with van der Waals surface area (Å²) in [6, 6.07) is 5.48. The number of hydrogen-bond donors (Lipinski definition) is 3. The van der Waals surface area contributed by atoms with Gasteiger partial charge in [-0.2, -0.15) is 9.61 Å². The van der Waals surface area contributed by atoms with Crippen LogP contribution in [0.15, 0.2) is 66.5 Å². The van der Waals surface area contributed by atoms with E-state index < -0.39 is 0 Å². The van der Waals surface area contributed by atoms with E-state index in [1.165, 1.54) is 6.20 Å². The molecule has 1 amide bonds. The van der Waals surface area contributed by atoms with Crippen molar-refractivity contribution >= 4 is 29.1 Å². The van der Waals surface area contributed by atoms with Crippen LogP contribution in [0, 0.1) is 5.41 Å². The SMILES string of the molecule is CNc1cc(NC2=CC=CN(n3cccc3)C2=C=O)nc2c(C(=O)NCC(C)(C)C)cnn12. The van der Waals surface area contributed by atoms with Crippen LogP contribution in [-0.4, -0.2) is 44.7 Å². The first-order chi connectivity index (χ1) is 15.8. The summed E-state index contributed by atoms with van der Waals surface area (Å²) in [5, 5.41) is 15.2. The summed E-state index contributed by atoms with van der Waals surface area (Å²) >= 11 is 0. The first-order valence-electron chi connectivity index (χ1n) is 10.5. The number of hydrogen-bond acceptors (Lipinski definition) is 7. The van der Waals surface area contributed by atoms with Crippen molar-refractivity contribution < 1.29 is 9.59 Å². The van der Waals surface area contributed by atoms with Gasteiger partial charge in [-0.25, -0.2) is 14.8 Å². The zero-order valence-corrected chi connectivity index (χ0v) is 19.0. The van der Waals surface area contributed by atoms with Crippen molar-refractivity contribution in [1.82, 2.24) is 24.6 Å². The van der Waals surface area contributed by atoms with E-state index in [0.717, 1.165) is 0 Å². The molecule has 0 aliphatic carbocycles. The Balaban J connectivity index is 1.67. The molecule has 0 radical (unpaired) electrons. The largest absolute Gasteiger partial charge is 0.373 e. The first-order valence-corrected chi connectivity index (χ1v) is 10.5. The minimum absolute atomic E-state index is 0.0565. The quantitative estimate of drug-likeness (QED) is 0.499. The predicted octanol–water partition coefficient (Wildman–Crippen LogP) is 2.53. The molecule has 3 N–H and O–H groups in total. The van der Waals surface area contributed by atoms with Crippen LogP contribution >= 0.6 is 0 Å². The molecular weight excluding hydrogens is 420 g/mol. The number of carbonyl (C=O) groups excluding carboxylic acids is 2. The van der Waals surface area contributed by atoms with Gasteiger partial charge in [0.15, 0.2) is 17.3 Å². The molecule has 170 valence electrons.